The van der Waals surface area contributed by atoms with Crippen LogP contribution in [-0.2, 0) is 6.42 Å². The minimum atomic E-state index is 0.0711. The highest BCUT2D eigenvalue weighted by atomic mass is 16.5. The Labute approximate surface area is 110 Å². The lowest BCUT2D eigenvalue weighted by Gasteiger charge is -2.41. The van der Waals surface area contributed by atoms with E-state index >= 15 is 0 Å². The Balaban J connectivity index is 1.60. The van der Waals surface area contributed by atoms with Gasteiger partial charge in [0, 0.05) is 31.8 Å². The zero-order chi connectivity index (χ0) is 12.2. The van der Waals surface area contributed by atoms with Gasteiger partial charge < -0.3 is 9.64 Å². The van der Waals surface area contributed by atoms with Crippen molar-refractivity contribution in [3.05, 3.63) is 23.8 Å². The summed E-state index contributed by atoms with van der Waals surface area (Å²) < 4.78 is 6.32. The van der Waals surface area contributed by atoms with Crippen molar-refractivity contribution in [2.24, 2.45) is 0 Å². The molecule has 2 unspecified atom stereocenters. The Morgan fingerprint density at radius 3 is 3.22 bits per heavy atom. The molecule has 3 aliphatic heterocycles. The van der Waals surface area contributed by atoms with Gasteiger partial charge in [-0.3, -0.25) is 0 Å². The molecule has 1 spiro atoms. The first-order chi connectivity index (χ1) is 8.74. The molecular weight excluding hydrogens is 221 g/mol. The zero-order valence-electron chi connectivity index (χ0n) is 10.7. The van der Waals surface area contributed by atoms with Crippen LogP contribution in [0.3, 0.4) is 0 Å². The number of fused-ring (bicyclic) bond motifs is 2. The summed E-state index contributed by atoms with van der Waals surface area (Å²) in [5.41, 5.74) is 2.23. The normalized spacial score (nSPS) is 34.3. The summed E-state index contributed by atoms with van der Waals surface area (Å²) in [5.74, 6) is 1.07. The number of nitrogens with zero attached hydrogens (tertiary/aromatic N) is 1. The number of hydrogen-bond acceptors (Lipinski definition) is 2. The van der Waals surface area contributed by atoms with E-state index in [2.05, 4.69) is 11.0 Å². The topological polar surface area (TPSA) is 12.5 Å². The van der Waals surface area contributed by atoms with Crippen LogP contribution in [0.25, 0.3) is 0 Å². The molecule has 2 nitrogen and oxygen atoms in total. The molecule has 4 rings (SSSR count). The fourth-order valence-corrected chi connectivity index (χ4v) is 4.01. The van der Waals surface area contributed by atoms with Gasteiger partial charge in [0.1, 0.15) is 19.2 Å². The van der Waals surface area contributed by atoms with Crippen LogP contribution in [-0.4, -0.2) is 37.5 Å². The monoisotopic (exact) mass is 239 g/mol. The van der Waals surface area contributed by atoms with Crippen molar-refractivity contribution in [1.82, 2.24) is 4.90 Å². The SMILES string of the molecule is [B]c1ccc2c(c1)CC1(CCN3CCCC3C1)O2. The molecule has 3 aliphatic rings. The fraction of sp³-hybridized carbons (Fsp3) is 0.600. The van der Waals surface area contributed by atoms with E-state index in [1.165, 1.54) is 37.9 Å². The van der Waals surface area contributed by atoms with Crippen molar-refractivity contribution in [2.75, 3.05) is 13.1 Å². The third-order valence-corrected chi connectivity index (χ3v) is 4.88. The molecule has 3 heterocycles. The summed E-state index contributed by atoms with van der Waals surface area (Å²) in [6.07, 6.45) is 6.13. The lowest BCUT2D eigenvalue weighted by molar-refractivity contribution is 0.00195. The molecule has 2 saturated heterocycles. The highest BCUT2D eigenvalue weighted by Gasteiger charge is 2.46. The third-order valence-electron chi connectivity index (χ3n) is 4.88. The van der Waals surface area contributed by atoms with E-state index in [1.807, 2.05) is 12.1 Å². The van der Waals surface area contributed by atoms with E-state index in [9.17, 15) is 0 Å². The highest BCUT2D eigenvalue weighted by Crippen LogP contribution is 2.44. The molecule has 0 amide bonds. The molecule has 92 valence electrons. The predicted octanol–water partition coefficient (Wildman–Crippen LogP) is 1.41. The Bertz CT molecular complexity index is 489. The largest absolute Gasteiger partial charge is 0.487 e. The van der Waals surface area contributed by atoms with Gasteiger partial charge in [-0.05, 0) is 31.0 Å². The minimum Gasteiger partial charge on any atom is -0.487 e. The molecule has 3 heteroatoms. The van der Waals surface area contributed by atoms with Crippen molar-refractivity contribution < 1.29 is 4.74 Å². The molecule has 2 fully saturated rings. The smallest absolute Gasteiger partial charge is 0.123 e. The first-order valence-electron chi connectivity index (χ1n) is 7.06. The van der Waals surface area contributed by atoms with Gasteiger partial charge in [-0.15, -0.1) is 0 Å². The number of rotatable bonds is 0. The maximum absolute atomic E-state index is 6.32. The van der Waals surface area contributed by atoms with Crippen molar-refractivity contribution in [2.45, 2.75) is 43.7 Å². The van der Waals surface area contributed by atoms with Crippen LogP contribution < -0.4 is 10.2 Å². The van der Waals surface area contributed by atoms with E-state index < -0.39 is 0 Å². The summed E-state index contributed by atoms with van der Waals surface area (Å²) in [6, 6.07) is 6.83. The third kappa shape index (κ3) is 1.60. The summed E-state index contributed by atoms with van der Waals surface area (Å²) in [7, 11) is 5.87. The maximum Gasteiger partial charge on any atom is 0.123 e. The summed E-state index contributed by atoms with van der Waals surface area (Å²) in [6.45, 7) is 2.49. The maximum atomic E-state index is 6.32. The molecule has 2 radical (unpaired) electrons. The molecule has 0 aromatic heterocycles. The Morgan fingerprint density at radius 1 is 1.33 bits per heavy atom. The average Bonchev–Trinajstić information content (AvgIpc) is 2.92. The Morgan fingerprint density at radius 2 is 2.28 bits per heavy atom. The second kappa shape index (κ2) is 3.77. The number of ether oxygens (including phenoxy) is 1. The average molecular weight is 239 g/mol. The zero-order valence-corrected chi connectivity index (χ0v) is 10.7. The molecule has 18 heavy (non-hydrogen) atoms. The first kappa shape index (κ1) is 10.9. The van der Waals surface area contributed by atoms with Gasteiger partial charge in [-0.25, -0.2) is 0 Å². The molecule has 2 atom stereocenters. The van der Waals surface area contributed by atoms with Gasteiger partial charge in [-0.1, -0.05) is 17.6 Å². The highest BCUT2D eigenvalue weighted by molar-refractivity contribution is 6.32. The van der Waals surface area contributed by atoms with Gasteiger partial charge in [0.05, 0.1) is 0 Å². The second-order valence-electron chi connectivity index (χ2n) is 6.12. The van der Waals surface area contributed by atoms with Gasteiger partial charge in [0.2, 0.25) is 0 Å². The predicted molar refractivity (Wildman–Crippen MR) is 72.7 cm³/mol. The summed E-state index contributed by atoms with van der Waals surface area (Å²) in [5, 5.41) is 0. The van der Waals surface area contributed by atoms with Crippen LogP contribution in [0.1, 0.15) is 31.2 Å². The van der Waals surface area contributed by atoms with Crippen LogP contribution in [0.15, 0.2) is 18.2 Å². The standard InChI is InChI=1S/C15H18BNO/c16-12-3-4-14-11(8-12)9-15(18-14)5-7-17-6-1-2-13(17)10-15/h3-4,8,13H,1-2,5-7,9-10H2. The van der Waals surface area contributed by atoms with Crippen LogP contribution in [0.2, 0.25) is 0 Å². The lowest BCUT2D eigenvalue weighted by atomic mass is 9.82. The molecule has 1 aromatic carbocycles. The molecule has 0 saturated carbocycles. The lowest BCUT2D eigenvalue weighted by Crippen LogP contribution is -2.50. The van der Waals surface area contributed by atoms with E-state index in [1.54, 1.807) is 0 Å². The molecule has 0 N–H and O–H groups in total. The quantitative estimate of drug-likeness (QED) is 0.635. The van der Waals surface area contributed by atoms with Crippen LogP contribution in [0.5, 0.6) is 5.75 Å². The Hall–Kier alpha value is -0.955. The second-order valence-corrected chi connectivity index (χ2v) is 6.12. The molecule has 1 aromatic rings. The van der Waals surface area contributed by atoms with Crippen molar-refractivity contribution in [3.8, 4) is 5.75 Å². The molecule has 0 bridgehead atoms. The molecular formula is C15H18BNO. The van der Waals surface area contributed by atoms with Crippen LogP contribution >= 0.6 is 0 Å². The first-order valence-corrected chi connectivity index (χ1v) is 7.06. The van der Waals surface area contributed by atoms with Gasteiger partial charge >= 0.3 is 0 Å². The van der Waals surface area contributed by atoms with E-state index in [0.717, 1.165) is 30.1 Å². The summed E-state index contributed by atoms with van der Waals surface area (Å²) in [4.78, 5) is 2.64. The molecule has 0 aliphatic carbocycles. The van der Waals surface area contributed by atoms with E-state index in [-0.39, 0.29) is 5.60 Å². The van der Waals surface area contributed by atoms with Gasteiger partial charge in [0.25, 0.3) is 0 Å². The van der Waals surface area contributed by atoms with E-state index in [0.29, 0.717) is 0 Å². The van der Waals surface area contributed by atoms with Crippen molar-refractivity contribution in [3.63, 3.8) is 0 Å². The van der Waals surface area contributed by atoms with E-state index in [4.69, 9.17) is 12.6 Å². The number of hydrogen-bond donors (Lipinski definition) is 0. The fourth-order valence-electron chi connectivity index (χ4n) is 4.01. The van der Waals surface area contributed by atoms with Crippen molar-refractivity contribution >= 4 is 13.3 Å². The number of benzene rings is 1. The minimum absolute atomic E-state index is 0.0711. The van der Waals surface area contributed by atoms with Gasteiger partial charge in [0.15, 0.2) is 0 Å². The Kier molecular flexibility index (Phi) is 2.29. The summed E-state index contributed by atoms with van der Waals surface area (Å²) >= 11 is 0. The van der Waals surface area contributed by atoms with Crippen LogP contribution in [0, 0.1) is 0 Å². The van der Waals surface area contributed by atoms with Gasteiger partial charge in [-0.2, -0.15) is 0 Å². The van der Waals surface area contributed by atoms with Crippen LogP contribution in [0.4, 0.5) is 0 Å². The number of piperidine rings is 1. The van der Waals surface area contributed by atoms with Crippen molar-refractivity contribution in [1.29, 1.82) is 0 Å².